The van der Waals surface area contributed by atoms with Gasteiger partial charge in [0.25, 0.3) is 0 Å². The SMILES string of the molecule is CCCCc1ccc([C@H]2CC[C@H](CCc3ccc(CCc4ccc(Cl)cc4)cc3)CC2)cc1. The summed E-state index contributed by atoms with van der Waals surface area (Å²) < 4.78 is 0. The third-order valence-corrected chi connectivity index (χ3v) is 7.85. The van der Waals surface area contributed by atoms with E-state index in [2.05, 4.69) is 67.6 Å². The molecule has 1 aliphatic carbocycles. The summed E-state index contributed by atoms with van der Waals surface area (Å²) in [6, 6.07) is 27.1. The quantitative estimate of drug-likeness (QED) is 0.283. The largest absolute Gasteiger partial charge is 0.0843 e. The highest BCUT2D eigenvalue weighted by molar-refractivity contribution is 6.30. The van der Waals surface area contributed by atoms with Crippen molar-refractivity contribution in [3.8, 4) is 0 Å². The zero-order valence-electron chi connectivity index (χ0n) is 20.2. The zero-order chi connectivity index (χ0) is 22.9. The van der Waals surface area contributed by atoms with Gasteiger partial charge >= 0.3 is 0 Å². The van der Waals surface area contributed by atoms with E-state index in [1.807, 2.05) is 12.1 Å². The predicted octanol–water partition coefficient (Wildman–Crippen LogP) is 9.37. The molecule has 3 aromatic rings. The van der Waals surface area contributed by atoms with Crippen molar-refractivity contribution < 1.29 is 0 Å². The summed E-state index contributed by atoms with van der Waals surface area (Å²) in [7, 11) is 0. The highest BCUT2D eigenvalue weighted by atomic mass is 35.5. The van der Waals surface area contributed by atoms with E-state index < -0.39 is 0 Å². The van der Waals surface area contributed by atoms with Gasteiger partial charge in [-0.25, -0.2) is 0 Å². The van der Waals surface area contributed by atoms with Crippen LogP contribution in [0.25, 0.3) is 0 Å². The fourth-order valence-corrected chi connectivity index (χ4v) is 5.43. The number of aryl methyl sites for hydroxylation is 4. The number of unbranched alkanes of at least 4 members (excludes halogenated alkanes) is 1. The second-order valence-electron chi connectivity index (χ2n) is 10.0. The van der Waals surface area contributed by atoms with E-state index in [4.69, 9.17) is 11.6 Å². The van der Waals surface area contributed by atoms with Gasteiger partial charge in [-0.15, -0.1) is 0 Å². The minimum Gasteiger partial charge on any atom is -0.0843 e. The lowest BCUT2D eigenvalue weighted by Gasteiger charge is -2.29. The minimum atomic E-state index is 0.779. The average Bonchev–Trinajstić information content (AvgIpc) is 2.87. The lowest BCUT2D eigenvalue weighted by Crippen LogP contribution is -2.14. The van der Waals surface area contributed by atoms with Gasteiger partial charge in [0, 0.05) is 5.02 Å². The number of benzene rings is 3. The molecule has 1 saturated carbocycles. The molecule has 0 saturated heterocycles. The molecule has 0 amide bonds. The molecular weight excluding hydrogens is 420 g/mol. The van der Waals surface area contributed by atoms with Crippen LogP contribution in [0.1, 0.15) is 85.6 Å². The number of hydrogen-bond donors (Lipinski definition) is 0. The van der Waals surface area contributed by atoms with Crippen LogP contribution in [0, 0.1) is 5.92 Å². The Bertz CT molecular complexity index is 945. The van der Waals surface area contributed by atoms with Crippen LogP contribution in [0.3, 0.4) is 0 Å². The maximum atomic E-state index is 5.99. The standard InChI is InChI=1S/C32H39Cl/c1-2-3-4-25-13-19-30(20-14-25)31-21-15-28(16-22-31)11-9-26-5-7-27(8-6-26)10-12-29-17-23-32(33)24-18-29/h5-8,13-14,17-20,23-24,28,31H,2-4,9-12,15-16,21-22H2,1H3/t28-,31-. The summed E-state index contributed by atoms with van der Waals surface area (Å²) in [6.07, 6.45) is 14.0. The molecule has 0 nitrogen and oxygen atoms in total. The van der Waals surface area contributed by atoms with Crippen LogP contribution in [0.5, 0.6) is 0 Å². The van der Waals surface area contributed by atoms with E-state index in [0.29, 0.717) is 0 Å². The van der Waals surface area contributed by atoms with E-state index in [0.717, 1.165) is 29.7 Å². The van der Waals surface area contributed by atoms with Gasteiger partial charge < -0.3 is 0 Å². The molecule has 1 fully saturated rings. The Morgan fingerprint density at radius 2 is 1.09 bits per heavy atom. The second-order valence-corrected chi connectivity index (χ2v) is 10.5. The van der Waals surface area contributed by atoms with Crippen molar-refractivity contribution in [2.75, 3.05) is 0 Å². The summed E-state index contributed by atoms with van der Waals surface area (Å²) in [5.41, 5.74) is 7.35. The van der Waals surface area contributed by atoms with Gasteiger partial charge in [0.1, 0.15) is 0 Å². The maximum absolute atomic E-state index is 5.99. The normalized spacial score (nSPS) is 18.4. The van der Waals surface area contributed by atoms with Crippen molar-refractivity contribution in [1.82, 2.24) is 0 Å². The third kappa shape index (κ3) is 7.47. The van der Waals surface area contributed by atoms with Crippen molar-refractivity contribution in [2.24, 2.45) is 5.92 Å². The van der Waals surface area contributed by atoms with Gasteiger partial charge in [0.15, 0.2) is 0 Å². The number of rotatable bonds is 10. The first-order valence-electron chi connectivity index (χ1n) is 13.1. The molecule has 1 heteroatoms. The van der Waals surface area contributed by atoms with Crippen molar-refractivity contribution in [1.29, 1.82) is 0 Å². The topological polar surface area (TPSA) is 0 Å². The molecule has 0 unspecified atom stereocenters. The molecule has 4 rings (SSSR count). The van der Waals surface area contributed by atoms with Crippen LogP contribution in [0.4, 0.5) is 0 Å². The molecule has 0 bridgehead atoms. The average molecular weight is 459 g/mol. The molecule has 3 aromatic carbocycles. The molecule has 33 heavy (non-hydrogen) atoms. The van der Waals surface area contributed by atoms with Crippen molar-refractivity contribution in [3.05, 3.63) is 106 Å². The molecule has 0 aliphatic heterocycles. The van der Waals surface area contributed by atoms with Gasteiger partial charge in [-0.1, -0.05) is 85.6 Å². The van der Waals surface area contributed by atoms with E-state index in [1.54, 1.807) is 5.56 Å². The van der Waals surface area contributed by atoms with Crippen LogP contribution in [0.15, 0.2) is 72.8 Å². The van der Waals surface area contributed by atoms with Crippen LogP contribution in [0.2, 0.25) is 5.02 Å². The van der Waals surface area contributed by atoms with E-state index in [1.165, 1.54) is 80.0 Å². The van der Waals surface area contributed by atoms with E-state index in [9.17, 15) is 0 Å². The Morgan fingerprint density at radius 3 is 1.67 bits per heavy atom. The first kappa shape index (κ1) is 24.1. The molecular formula is C32H39Cl. The summed E-state index contributed by atoms with van der Waals surface area (Å²) in [5.74, 6) is 1.68. The lowest BCUT2D eigenvalue weighted by molar-refractivity contribution is 0.310. The zero-order valence-corrected chi connectivity index (χ0v) is 21.0. The van der Waals surface area contributed by atoms with E-state index in [-0.39, 0.29) is 0 Å². The molecule has 174 valence electrons. The van der Waals surface area contributed by atoms with Gasteiger partial charge in [-0.05, 0) is 116 Å². The summed E-state index contributed by atoms with van der Waals surface area (Å²) in [6.45, 7) is 2.27. The third-order valence-electron chi connectivity index (χ3n) is 7.60. The highest BCUT2D eigenvalue weighted by Gasteiger charge is 2.22. The molecule has 0 radical (unpaired) electrons. The van der Waals surface area contributed by atoms with Crippen LogP contribution >= 0.6 is 11.6 Å². The smallest absolute Gasteiger partial charge is 0.0406 e. The van der Waals surface area contributed by atoms with Crippen molar-refractivity contribution >= 4 is 11.6 Å². The lowest BCUT2D eigenvalue weighted by atomic mass is 9.77. The molecule has 0 atom stereocenters. The Morgan fingerprint density at radius 1 is 0.606 bits per heavy atom. The van der Waals surface area contributed by atoms with Crippen molar-refractivity contribution in [2.45, 2.75) is 83.5 Å². The summed E-state index contributed by atoms with van der Waals surface area (Å²) in [4.78, 5) is 0. The highest BCUT2D eigenvalue weighted by Crippen LogP contribution is 2.37. The second kappa shape index (κ2) is 12.4. The van der Waals surface area contributed by atoms with Gasteiger partial charge in [-0.3, -0.25) is 0 Å². The number of hydrogen-bond acceptors (Lipinski definition) is 0. The summed E-state index contributed by atoms with van der Waals surface area (Å²) >= 11 is 5.99. The predicted molar refractivity (Wildman–Crippen MR) is 143 cm³/mol. The molecule has 0 aromatic heterocycles. The summed E-state index contributed by atoms with van der Waals surface area (Å²) in [5, 5.41) is 0.813. The van der Waals surface area contributed by atoms with E-state index >= 15 is 0 Å². The molecule has 0 spiro atoms. The Hall–Kier alpha value is -2.05. The van der Waals surface area contributed by atoms with Crippen LogP contribution in [-0.2, 0) is 25.7 Å². The number of halogens is 1. The molecule has 1 aliphatic rings. The Kier molecular flexibility index (Phi) is 9.07. The fraction of sp³-hybridized carbons (Fsp3) is 0.438. The van der Waals surface area contributed by atoms with Crippen molar-refractivity contribution in [3.63, 3.8) is 0 Å². The van der Waals surface area contributed by atoms with Crippen LogP contribution in [-0.4, -0.2) is 0 Å². The monoisotopic (exact) mass is 458 g/mol. The first-order chi connectivity index (χ1) is 16.2. The maximum Gasteiger partial charge on any atom is 0.0406 e. The first-order valence-corrected chi connectivity index (χ1v) is 13.5. The molecule has 0 N–H and O–H groups in total. The van der Waals surface area contributed by atoms with Gasteiger partial charge in [-0.2, -0.15) is 0 Å². The van der Waals surface area contributed by atoms with Gasteiger partial charge in [0.05, 0.1) is 0 Å². The van der Waals surface area contributed by atoms with Gasteiger partial charge in [0.2, 0.25) is 0 Å². The molecule has 0 heterocycles. The fourth-order valence-electron chi connectivity index (χ4n) is 5.30. The van der Waals surface area contributed by atoms with Crippen LogP contribution < -0.4 is 0 Å². The Labute approximate surface area is 206 Å². The Balaban J connectivity index is 1.17. The minimum absolute atomic E-state index is 0.779.